The van der Waals surface area contributed by atoms with Crippen molar-refractivity contribution >= 4 is 38.6 Å². The number of anilines is 1. The minimum absolute atomic E-state index is 0.0340. The number of fused-ring (bicyclic) bond motifs is 1. The first kappa shape index (κ1) is 21.8. The number of likely N-dealkylation sites (tertiary alicyclic amines) is 1. The van der Waals surface area contributed by atoms with Crippen molar-refractivity contribution in [1.29, 1.82) is 0 Å². The highest BCUT2D eigenvalue weighted by Crippen LogP contribution is 2.24. The zero-order chi connectivity index (χ0) is 21.6. The van der Waals surface area contributed by atoms with Gasteiger partial charge in [0.15, 0.2) is 11.1 Å². The molecule has 31 heavy (non-hydrogen) atoms. The summed E-state index contributed by atoms with van der Waals surface area (Å²) in [6, 6.07) is 8.15. The Hall–Kier alpha value is -2.39. The van der Waals surface area contributed by atoms with Crippen LogP contribution in [0.25, 0.3) is 10.2 Å². The van der Waals surface area contributed by atoms with Crippen molar-refractivity contribution in [3.8, 4) is 0 Å². The summed E-state index contributed by atoms with van der Waals surface area (Å²) in [7, 11) is 1.83. The van der Waals surface area contributed by atoms with Crippen molar-refractivity contribution in [2.24, 2.45) is 4.99 Å². The molecule has 2 aliphatic heterocycles. The van der Waals surface area contributed by atoms with Gasteiger partial charge in [0.2, 0.25) is 5.91 Å². The fourth-order valence-corrected chi connectivity index (χ4v) is 5.19. The Morgan fingerprint density at radius 1 is 1.10 bits per heavy atom. The topological polar surface area (TPSA) is 76.1 Å². The van der Waals surface area contributed by atoms with Crippen LogP contribution in [-0.4, -0.2) is 97.0 Å². The van der Waals surface area contributed by atoms with Crippen LogP contribution in [0.15, 0.2) is 29.3 Å². The standard InChI is InChI=1S/C22H33N7OS/c1-17(20(30)28-11-5-6-12-28)27-13-15-29(16-14-27)21(23-2)24-9-10-25-22-26-18-7-3-4-8-19(18)31-22/h3-4,7-8,17H,5-6,9-16H2,1-2H3,(H,23,24)(H,25,26). The van der Waals surface area contributed by atoms with Gasteiger partial charge in [-0.1, -0.05) is 23.5 Å². The van der Waals surface area contributed by atoms with Crippen molar-refractivity contribution in [3.05, 3.63) is 24.3 Å². The predicted octanol–water partition coefficient (Wildman–Crippen LogP) is 1.91. The maximum Gasteiger partial charge on any atom is 0.239 e. The van der Waals surface area contributed by atoms with Crippen LogP contribution in [0.4, 0.5) is 5.13 Å². The molecule has 2 aliphatic rings. The molecule has 0 saturated carbocycles. The normalized spacial score (nSPS) is 19.1. The molecule has 2 N–H and O–H groups in total. The molecular formula is C22H33N7OS. The number of rotatable bonds is 6. The van der Waals surface area contributed by atoms with Gasteiger partial charge >= 0.3 is 0 Å². The number of carbonyl (C=O) groups is 1. The van der Waals surface area contributed by atoms with E-state index in [1.54, 1.807) is 11.3 Å². The largest absolute Gasteiger partial charge is 0.360 e. The lowest BCUT2D eigenvalue weighted by molar-refractivity contribution is -0.135. The van der Waals surface area contributed by atoms with E-state index in [2.05, 4.69) is 43.4 Å². The number of hydrogen-bond acceptors (Lipinski definition) is 6. The molecule has 8 nitrogen and oxygen atoms in total. The summed E-state index contributed by atoms with van der Waals surface area (Å²) in [4.78, 5) is 28.4. The van der Waals surface area contributed by atoms with Gasteiger partial charge in [0.05, 0.1) is 16.3 Å². The summed E-state index contributed by atoms with van der Waals surface area (Å²) in [5, 5.41) is 7.80. The first-order chi connectivity index (χ1) is 15.2. The van der Waals surface area contributed by atoms with Gasteiger partial charge < -0.3 is 20.4 Å². The molecule has 1 amide bonds. The lowest BCUT2D eigenvalue weighted by atomic mass is 10.2. The minimum Gasteiger partial charge on any atom is -0.360 e. The van der Waals surface area contributed by atoms with E-state index >= 15 is 0 Å². The fourth-order valence-electron chi connectivity index (χ4n) is 4.30. The number of para-hydroxylation sites is 1. The molecule has 1 aromatic heterocycles. The first-order valence-electron chi connectivity index (χ1n) is 11.2. The molecule has 2 saturated heterocycles. The van der Waals surface area contributed by atoms with Crippen molar-refractivity contribution in [1.82, 2.24) is 25.0 Å². The molecule has 168 valence electrons. The molecule has 1 aromatic carbocycles. The van der Waals surface area contributed by atoms with Crippen molar-refractivity contribution in [3.63, 3.8) is 0 Å². The van der Waals surface area contributed by atoms with E-state index in [4.69, 9.17) is 0 Å². The third kappa shape index (κ3) is 5.27. The highest BCUT2D eigenvalue weighted by Gasteiger charge is 2.30. The lowest BCUT2D eigenvalue weighted by Crippen LogP contribution is -2.57. The number of nitrogens with zero attached hydrogens (tertiary/aromatic N) is 5. The molecule has 4 rings (SSSR count). The highest BCUT2D eigenvalue weighted by atomic mass is 32.1. The molecule has 0 spiro atoms. The fraction of sp³-hybridized carbons (Fsp3) is 0.591. The van der Waals surface area contributed by atoms with E-state index in [1.165, 1.54) is 4.70 Å². The predicted molar refractivity (Wildman–Crippen MR) is 128 cm³/mol. The first-order valence-corrected chi connectivity index (χ1v) is 12.1. The third-order valence-corrected chi connectivity index (χ3v) is 7.12. The number of amides is 1. The van der Waals surface area contributed by atoms with E-state index in [-0.39, 0.29) is 11.9 Å². The average molecular weight is 444 g/mol. The van der Waals surface area contributed by atoms with Crippen LogP contribution in [0.5, 0.6) is 0 Å². The Kier molecular flexibility index (Phi) is 7.24. The minimum atomic E-state index is -0.0340. The van der Waals surface area contributed by atoms with Gasteiger partial charge in [0.1, 0.15) is 0 Å². The van der Waals surface area contributed by atoms with E-state index in [0.29, 0.717) is 0 Å². The molecular weight excluding hydrogens is 410 g/mol. The molecule has 1 atom stereocenters. The van der Waals surface area contributed by atoms with E-state index < -0.39 is 0 Å². The summed E-state index contributed by atoms with van der Waals surface area (Å²) < 4.78 is 1.20. The van der Waals surface area contributed by atoms with E-state index in [9.17, 15) is 4.79 Å². The average Bonchev–Trinajstić information content (AvgIpc) is 3.48. The number of hydrogen-bond donors (Lipinski definition) is 2. The summed E-state index contributed by atoms with van der Waals surface area (Å²) in [6.45, 7) is 8.96. The molecule has 2 fully saturated rings. The number of benzene rings is 1. The van der Waals surface area contributed by atoms with E-state index in [1.807, 2.05) is 30.1 Å². The second-order valence-electron chi connectivity index (χ2n) is 8.12. The summed E-state index contributed by atoms with van der Waals surface area (Å²) >= 11 is 1.68. The Morgan fingerprint density at radius 2 is 1.84 bits per heavy atom. The monoisotopic (exact) mass is 443 g/mol. The maximum absolute atomic E-state index is 12.7. The van der Waals surface area contributed by atoms with Crippen LogP contribution in [0.2, 0.25) is 0 Å². The van der Waals surface area contributed by atoms with Crippen LogP contribution < -0.4 is 10.6 Å². The van der Waals surface area contributed by atoms with Gasteiger partial charge in [0.25, 0.3) is 0 Å². The molecule has 9 heteroatoms. The Balaban J connectivity index is 1.19. The van der Waals surface area contributed by atoms with Crippen molar-refractivity contribution in [2.45, 2.75) is 25.8 Å². The molecule has 2 aromatic rings. The van der Waals surface area contributed by atoms with Crippen LogP contribution in [0.3, 0.4) is 0 Å². The van der Waals surface area contributed by atoms with Gasteiger partial charge in [-0.2, -0.15) is 0 Å². The van der Waals surface area contributed by atoms with E-state index in [0.717, 1.165) is 81.8 Å². The van der Waals surface area contributed by atoms with Crippen LogP contribution >= 0.6 is 11.3 Å². The quantitative estimate of drug-likeness (QED) is 0.404. The van der Waals surface area contributed by atoms with Crippen molar-refractivity contribution in [2.75, 3.05) is 64.7 Å². The Morgan fingerprint density at radius 3 is 2.55 bits per heavy atom. The smallest absolute Gasteiger partial charge is 0.239 e. The zero-order valence-electron chi connectivity index (χ0n) is 18.5. The maximum atomic E-state index is 12.7. The number of aromatic nitrogens is 1. The van der Waals surface area contributed by atoms with Crippen LogP contribution in [0.1, 0.15) is 19.8 Å². The lowest BCUT2D eigenvalue weighted by Gasteiger charge is -2.39. The van der Waals surface area contributed by atoms with Gasteiger partial charge in [-0.3, -0.25) is 14.7 Å². The number of thiazole rings is 1. The Labute approximate surface area is 188 Å². The molecule has 1 unspecified atom stereocenters. The van der Waals surface area contributed by atoms with Gasteiger partial charge in [-0.05, 0) is 31.9 Å². The summed E-state index contributed by atoms with van der Waals surface area (Å²) in [5.41, 5.74) is 1.04. The van der Waals surface area contributed by atoms with Crippen LogP contribution in [0, 0.1) is 0 Å². The number of guanidine groups is 1. The SMILES string of the molecule is CN=C(NCCNc1nc2ccccc2s1)N1CCN(C(C)C(=O)N2CCCC2)CC1. The van der Waals surface area contributed by atoms with Crippen molar-refractivity contribution < 1.29 is 4.79 Å². The Bertz CT molecular complexity index is 867. The molecule has 0 bridgehead atoms. The molecule has 0 aliphatic carbocycles. The number of nitrogens with one attached hydrogen (secondary N) is 2. The van der Waals surface area contributed by atoms with Gasteiger partial charge in [-0.15, -0.1) is 0 Å². The summed E-state index contributed by atoms with van der Waals surface area (Å²) in [5.74, 6) is 1.21. The zero-order valence-corrected chi connectivity index (χ0v) is 19.3. The molecule has 3 heterocycles. The third-order valence-electron chi connectivity index (χ3n) is 6.13. The van der Waals surface area contributed by atoms with Crippen LogP contribution in [-0.2, 0) is 4.79 Å². The second-order valence-corrected chi connectivity index (χ2v) is 9.15. The summed E-state index contributed by atoms with van der Waals surface area (Å²) in [6.07, 6.45) is 2.28. The molecule has 0 radical (unpaired) electrons. The van der Waals surface area contributed by atoms with Gasteiger partial charge in [0, 0.05) is 59.4 Å². The number of carbonyl (C=O) groups excluding carboxylic acids is 1. The highest BCUT2D eigenvalue weighted by molar-refractivity contribution is 7.22. The number of aliphatic imine (C=N–C) groups is 1. The number of piperazine rings is 1. The van der Waals surface area contributed by atoms with Gasteiger partial charge in [-0.25, -0.2) is 4.98 Å². The second kappa shape index (κ2) is 10.3.